The number of benzene rings is 1. The standard InChI is InChI=1S/C10H12F2N2O/c1-7(15)13-4-5-14-8-2-3-9(11)10(12)6-8/h2-3,6,14H,4-5H2,1H3,(H,13,15). The highest BCUT2D eigenvalue weighted by atomic mass is 19.2. The van der Waals surface area contributed by atoms with Crippen molar-refractivity contribution < 1.29 is 13.6 Å². The quantitative estimate of drug-likeness (QED) is 0.746. The molecule has 1 amide bonds. The summed E-state index contributed by atoms with van der Waals surface area (Å²) >= 11 is 0. The molecule has 0 fully saturated rings. The number of carbonyl (C=O) groups is 1. The second kappa shape index (κ2) is 5.29. The molecule has 1 aromatic carbocycles. The van der Waals surface area contributed by atoms with Crippen molar-refractivity contribution >= 4 is 11.6 Å². The topological polar surface area (TPSA) is 41.1 Å². The van der Waals surface area contributed by atoms with Crippen LogP contribution in [0.2, 0.25) is 0 Å². The van der Waals surface area contributed by atoms with Gasteiger partial charge in [-0.3, -0.25) is 4.79 Å². The summed E-state index contributed by atoms with van der Waals surface area (Å²) in [5, 5.41) is 5.42. The second-order valence-electron chi connectivity index (χ2n) is 3.04. The fourth-order valence-corrected chi connectivity index (χ4v) is 1.05. The molecule has 5 heteroatoms. The van der Waals surface area contributed by atoms with Crippen molar-refractivity contribution in [3.05, 3.63) is 29.8 Å². The maximum Gasteiger partial charge on any atom is 0.216 e. The number of carbonyl (C=O) groups excluding carboxylic acids is 1. The average Bonchev–Trinajstić information content (AvgIpc) is 2.18. The van der Waals surface area contributed by atoms with Gasteiger partial charge >= 0.3 is 0 Å². The number of anilines is 1. The van der Waals surface area contributed by atoms with E-state index in [1.54, 1.807) is 0 Å². The van der Waals surface area contributed by atoms with E-state index in [-0.39, 0.29) is 5.91 Å². The molecule has 0 heterocycles. The molecule has 0 aromatic heterocycles. The first-order chi connectivity index (χ1) is 7.09. The van der Waals surface area contributed by atoms with E-state index in [0.29, 0.717) is 18.8 Å². The Kier molecular flexibility index (Phi) is 4.03. The fraction of sp³-hybridized carbons (Fsp3) is 0.300. The van der Waals surface area contributed by atoms with Crippen molar-refractivity contribution in [1.29, 1.82) is 0 Å². The van der Waals surface area contributed by atoms with E-state index in [1.807, 2.05) is 0 Å². The van der Waals surface area contributed by atoms with Crippen molar-refractivity contribution in [1.82, 2.24) is 5.32 Å². The third-order valence-electron chi connectivity index (χ3n) is 1.75. The highest BCUT2D eigenvalue weighted by Crippen LogP contribution is 2.12. The first-order valence-corrected chi connectivity index (χ1v) is 4.53. The van der Waals surface area contributed by atoms with Gasteiger partial charge in [0.2, 0.25) is 5.91 Å². The van der Waals surface area contributed by atoms with Gasteiger partial charge in [-0.05, 0) is 18.2 Å². The van der Waals surface area contributed by atoms with Gasteiger partial charge in [0.1, 0.15) is 0 Å². The molecule has 0 saturated heterocycles. The molecule has 0 bridgehead atoms. The van der Waals surface area contributed by atoms with Crippen LogP contribution in [-0.2, 0) is 4.79 Å². The highest BCUT2D eigenvalue weighted by Gasteiger charge is 2.01. The second-order valence-corrected chi connectivity index (χ2v) is 3.04. The first kappa shape index (κ1) is 11.4. The summed E-state index contributed by atoms with van der Waals surface area (Å²) in [5.41, 5.74) is 0.485. The van der Waals surface area contributed by atoms with Crippen LogP contribution in [0.15, 0.2) is 18.2 Å². The van der Waals surface area contributed by atoms with Gasteiger partial charge in [0.05, 0.1) is 0 Å². The van der Waals surface area contributed by atoms with E-state index in [0.717, 1.165) is 12.1 Å². The van der Waals surface area contributed by atoms with Crippen LogP contribution in [0.25, 0.3) is 0 Å². The van der Waals surface area contributed by atoms with E-state index in [9.17, 15) is 13.6 Å². The van der Waals surface area contributed by atoms with Crippen LogP contribution in [-0.4, -0.2) is 19.0 Å². The van der Waals surface area contributed by atoms with Crippen molar-refractivity contribution in [2.75, 3.05) is 18.4 Å². The number of hydrogen-bond acceptors (Lipinski definition) is 2. The van der Waals surface area contributed by atoms with Crippen molar-refractivity contribution in [3.8, 4) is 0 Å². The lowest BCUT2D eigenvalue weighted by atomic mass is 10.3. The predicted molar refractivity (Wildman–Crippen MR) is 53.5 cm³/mol. The van der Waals surface area contributed by atoms with Crippen LogP contribution >= 0.6 is 0 Å². The Hall–Kier alpha value is -1.65. The van der Waals surface area contributed by atoms with E-state index >= 15 is 0 Å². The zero-order chi connectivity index (χ0) is 11.3. The minimum Gasteiger partial charge on any atom is -0.383 e. The first-order valence-electron chi connectivity index (χ1n) is 4.53. The summed E-state index contributed by atoms with van der Waals surface area (Å²) in [7, 11) is 0. The zero-order valence-electron chi connectivity index (χ0n) is 8.31. The summed E-state index contributed by atoms with van der Waals surface area (Å²) in [6.07, 6.45) is 0. The summed E-state index contributed by atoms with van der Waals surface area (Å²) < 4.78 is 25.3. The number of nitrogens with one attached hydrogen (secondary N) is 2. The maximum absolute atomic E-state index is 12.7. The van der Waals surface area contributed by atoms with Crippen LogP contribution in [0.1, 0.15) is 6.92 Å². The largest absolute Gasteiger partial charge is 0.383 e. The fourth-order valence-electron chi connectivity index (χ4n) is 1.05. The SMILES string of the molecule is CC(=O)NCCNc1ccc(F)c(F)c1. The molecule has 0 radical (unpaired) electrons. The molecule has 15 heavy (non-hydrogen) atoms. The molecular weight excluding hydrogens is 202 g/mol. The predicted octanol–water partition coefficient (Wildman–Crippen LogP) is 1.51. The molecule has 0 atom stereocenters. The summed E-state index contributed by atoms with van der Waals surface area (Å²) in [5.74, 6) is -1.89. The van der Waals surface area contributed by atoms with Gasteiger partial charge in [-0.15, -0.1) is 0 Å². The Balaban J connectivity index is 2.38. The highest BCUT2D eigenvalue weighted by molar-refractivity contribution is 5.72. The lowest BCUT2D eigenvalue weighted by molar-refractivity contribution is -0.118. The normalized spacial score (nSPS) is 9.80. The summed E-state index contributed by atoms with van der Waals surface area (Å²) in [6, 6.07) is 3.56. The summed E-state index contributed by atoms with van der Waals surface area (Å²) in [4.78, 5) is 10.5. The molecule has 82 valence electrons. The molecule has 0 saturated carbocycles. The van der Waals surface area contributed by atoms with Crippen LogP contribution in [0.3, 0.4) is 0 Å². The van der Waals surface area contributed by atoms with Gasteiger partial charge in [0.15, 0.2) is 11.6 Å². The number of rotatable bonds is 4. The van der Waals surface area contributed by atoms with Gasteiger partial charge in [0, 0.05) is 25.7 Å². The summed E-state index contributed by atoms with van der Waals surface area (Å²) in [6.45, 7) is 2.32. The smallest absolute Gasteiger partial charge is 0.216 e. The molecule has 0 aliphatic heterocycles. The molecule has 0 aliphatic rings. The number of halogens is 2. The van der Waals surface area contributed by atoms with Gasteiger partial charge < -0.3 is 10.6 Å². The van der Waals surface area contributed by atoms with Crippen LogP contribution in [0.4, 0.5) is 14.5 Å². The minimum atomic E-state index is -0.889. The monoisotopic (exact) mass is 214 g/mol. The molecule has 2 N–H and O–H groups in total. The van der Waals surface area contributed by atoms with E-state index in [2.05, 4.69) is 10.6 Å². The Labute approximate surface area is 86.5 Å². The van der Waals surface area contributed by atoms with E-state index in [4.69, 9.17) is 0 Å². The Morgan fingerprint density at radius 2 is 2.00 bits per heavy atom. The van der Waals surface area contributed by atoms with Crippen LogP contribution < -0.4 is 10.6 Å². The van der Waals surface area contributed by atoms with Gasteiger partial charge in [0.25, 0.3) is 0 Å². The van der Waals surface area contributed by atoms with Gasteiger partial charge in [-0.1, -0.05) is 0 Å². The minimum absolute atomic E-state index is 0.123. The van der Waals surface area contributed by atoms with Gasteiger partial charge in [-0.25, -0.2) is 8.78 Å². The number of amides is 1. The molecule has 1 rings (SSSR count). The maximum atomic E-state index is 12.7. The van der Waals surface area contributed by atoms with Gasteiger partial charge in [-0.2, -0.15) is 0 Å². The molecule has 0 unspecified atom stereocenters. The Bertz CT molecular complexity index is 355. The third kappa shape index (κ3) is 3.93. The van der Waals surface area contributed by atoms with Crippen molar-refractivity contribution in [3.63, 3.8) is 0 Å². The Morgan fingerprint density at radius 3 is 2.60 bits per heavy atom. The molecule has 0 aliphatic carbocycles. The molecule has 3 nitrogen and oxygen atoms in total. The molecule has 1 aromatic rings. The number of hydrogen-bond donors (Lipinski definition) is 2. The molecular formula is C10H12F2N2O. The van der Waals surface area contributed by atoms with Crippen molar-refractivity contribution in [2.24, 2.45) is 0 Å². The lowest BCUT2D eigenvalue weighted by Gasteiger charge is -2.06. The van der Waals surface area contributed by atoms with Crippen LogP contribution in [0, 0.1) is 11.6 Å². The molecule has 0 spiro atoms. The van der Waals surface area contributed by atoms with E-state index in [1.165, 1.54) is 13.0 Å². The Morgan fingerprint density at radius 1 is 1.27 bits per heavy atom. The van der Waals surface area contributed by atoms with Crippen LogP contribution in [0.5, 0.6) is 0 Å². The van der Waals surface area contributed by atoms with Crippen molar-refractivity contribution in [2.45, 2.75) is 6.92 Å². The zero-order valence-corrected chi connectivity index (χ0v) is 8.31. The lowest BCUT2D eigenvalue weighted by Crippen LogP contribution is -2.26. The van der Waals surface area contributed by atoms with E-state index < -0.39 is 11.6 Å². The average molecular weight is 214 g/mol. The third-order valence-corrected chi connectivity index (χ3v) is 1.75.